The fourth-order valence-electron chi connectivity index (χ4n) is 2.29. The quantitative estimate of drug-likeness (QED) is 0.741. The molecule has 0 spiro atoms. The van der Waals surface area contributed by atoms with Crippen molar-refractivity contribution in [2.45, 2.75) is 13.8 Å². The van der Waals surface area contributed by atoms with Crippen LogP contribution >= 0.6 is 0 Å². The molecule has 2 aromatic heterocycles. The number of hydrogen-bond donors (Lipinski definition) is 0. The number of benzene rings is 1. The minimum atomic E-state index is 0.580. The molecule has 0 N–H and O–H groups in total. The lowest BCUT2D eigenvalue weighted by Crippen LogP contribution is -1.96. The van der Waals surface area contributed by atoms with Crippen molar-refractivity contribution in [3.63, 3.8) is 0 Å². The maximum atomic E-state index is 5.34. The Labute approximate surface area is 129 Å². The van der Waals surface area contributed by atoms with Crippen LogP contribution in [0.1, 0.15) is 11.4 Å². The molecule has 2 heterocycles. The highest BCUT2D eigenvalue weighted by atomic mass is 16.5. The van der Waals surface area contributed by atoms with E-state index in [0.29, 0.717) is 11.7 Å². The highest BCUT2D eigenvalue weighted by Crippen LogP contribution is 2.29. The Morgan fingerprint density at radius 3 is 2.36 bits per heavy atom. The molecule has 0 aliphatic rings. The molecule has 0 saturated carbocycles. The van der Waals surface area contributed by atoms with Crippen LogP contribution in [0.25, 0.3) is 22.4 Å². The first-order chi connectivity index (χ1) is 10.7. The summed E-state index contributed by atoms with van der Waals surface area (Å²) in [6.45, 7) is 3.86. The van der Waals surface area contributed by atoms with E-state index < -0.39 is 0 Å². The first-order valence-electron chi connectivity index (χ1n) is 6.96. The van der Waals surface area contributed by atoms with Crippen molar-refractivity contribution in [2.24, 2.45) is 0 Å². The van der Waals surface area contributed by atoms with Gasteiger partial charge in [-0.15, -0.1) is 0 Å². The number of hydrogen-bond acceptors (Lipinski definition) is 5. The van der Waals surface area contributed by atoms with Crippen LogP contribution in [0.5, 0.6) is 5.88 Å². The first kappa shape index (κ1) is 14.1. The summed E-state index contributed by atoms with van der Waals surface area (Å²) in [6, 6.07) is 10.0. The van der Waals surface area contributed by atoms with Crippen molar-refractivity contribution in [1.82, 2.24) is 20.2 Å². The van der Waals surface area contributed by atoms with Crippen LogP contribution in [0.2, 0.25) is 0 Å². The van der Waals surface area contributed by atoms with Gasteiger partial charge >= 0.3 is 0 Å². The number of methoxy groups -OCH3 is 1. The highest BCUT2D eigenvalue weighted by molar-refractivity contribution is 5.72. The summed E-state index contributed by atoms with van der Waals surface area (Å²) in [6.07, 6.45) is 3.48. The number of nitrogens with zero attached hydrogens (tertiary/aromatic N) is 4. The molecule has 5 heteroatoms. The maximum absolute atomic E-state index is 5.34. The Balaban J connectivity index is 2.00. The van der Waals surface area contributed by atoms with E-state index in [0.717, 1.165) is 27.9 Å². The third kappa shape index (κ3) is 2.65. The van der Waals surface area contributed by atoms with E-state index in [9.17, 15) is 0 Å². The summed E-state index contributed by atoms with van der Waals surface area (Å²) < 4.78 is 5.34. The highest BCUT2D eigenvalue weighted by Gasteiger charge is 2.10. The van der Waals surface area contributed by atoms with Gasteiger partial charge in [-0.25, -0.2) is 4.98 Å². The van der Waals surface area contributed by atoms with E-state index in [1.54, 1.807) is 19.5 Å². The summed E-state index contributed by atoms with van der Waals surface area (Å²) >= 11 is 0. The van der Waals surface area contributed by atoms with Crippen LogP contribution in [-0.4, -0.2) is 27.3 Å². The molecule has 0 atom stereocenters. The number of aryl methyl sites for hydroxylation is 2. The average Bonchev–Trinajstić information content (AvgIpc) is 2.55. The SMILES string of the molecule is COc1nc(C)ncc1-c1ccc(-c2nnccc2C)cc1. The van der Waals surface area contributed by atoms with Crippen molar-refractivity contribution in [1.29, 1.82) is 0 Å². The van der Waals surface area contributed by atoms with Gasteiger partial charge in [-0.2, -0.15) is 15.2 Å². The third-order valence-corrected chi connectivity index (χ3v) is 3.46. The van der Waals surface area contributed by atoms with Crippen LogP contribution in [0, 0.1) is 13.8 Å². The molecule has 0 aliphatic heterocycles. The summed E-state index contributed by atoms with van der Waals surface area (Å²) in [7, 11) is 1.61. The molecule has 0 radical (unpaired) electrons. The Kier molecular flexibility index (Phi) is 3.78. The van der Waals surface area contributed by atoms with E-state index in [-0.39, 0.29) is 0 Å². The smallest absolute Gasteiger partial charge is 0.224 e. The predicted molar refractivity (Wildman–Crippen MR) is 84.5 cm³/mol. The molecule has 0 fully saturated rings. The van der Waals surface area contributed by atoms with Gasteiger partial charge in [0.05, 0.1) is 18.4 Å². The molecule has 5 nitrogen and oxygen atoms in total. The zero-order valence-electron chi connectivity index (χ0n) is 12.7. The molecule has 110 valence electrons. The van der Waals surface area contributed by atoms with Gasteiger partial charge in [0, 0.05) is 18.0 Å². The van der Waals surface area contributed by atoms with Crippen LogP contribution < -0.4 is 4.74 Å². The monoisotopic (exact) mass is 292 g/mol. The van der Waals surface area contributed by atoms with E-state index in [2.05, 4.69) is 20.2 Å². The molecule has 0 aliphatic carbocycles. The Hall–Kier alpha value is -2.82. The lowest BCUT2D eigenvalue weighted by Gasteiger charge is -2.09. The van der Waals surface area contributed by atoms with Crippen molar-refractivity contribution < 1.29 is 4.74 Å². The van der Waals surface area contributed by atoms with Crippen LogP contribution in [-0.2, 0) is 0 Å². The molecule has 0 saturated heterocycles. The standard InChI is InChI=1S/C17H16N4O/c1-11-8-9-19-21-16(11)14-6-4-13(5-7-14)15-10-18-12(2)20-17(15)22-3/h4-10H,1-3H3. The van der Waals surface area contributed by atoms with Crippen molar-refractivity contribution in [3.8, 4) is 28.3 Å². The van der Waals surface area contributed by atoms with E-state index in [1.807, 2.05) is 44.2 Å². The van der Waals surface area contributed by atoms with Gasteiger partial charge in [0.2, 0.25) is 5.88 Å². The number of ether oxygens (including phenoxy) is 1. The lowest BCUT2D eigenvalue weighted by atomic mass is 10.0. The molecule has 3 aromatic rings. The minimum absolute atomic E-state index is 0.580. The summed E-state index contributed by atoms with van der Waals surface area (Å²) in [5.41, 5.74) is 4.89. The number of rotatable bonds is 3. The second kappa shape index (κ2) is 5.89. The zero-order valence-corrected chi connectivity index (χ0v) is 12.7. The Morgan fingerprint density at radius 1 is 0.955 bits per heavy atom. The van der Waals surface area contributed by atoms with E-state index >= 15 is 0 Å². The van der Waals surface area contributed by atoms with Crippen LogP contribution in [0.3, 0.4) is 0 Å². The molecule has 0 bridgehead atoms. The molecular weight excluding hydrogens is 276 g/mol. The molecule has 0 amide bonds. The molecule has 3 rings (SSSR count). The van der Waals surface area contributed by atoms with Crippen LogP contribution in [0.4, 0.5) is 0 Å². The lowest BCUT2D eigenvalue weighted by molar-refractivity contribution is 0.397. The Bertz CT molecular complexity index is 800. The molecular formula is C17H16N4O. The van der Waals surface area contributed by atoms with Gasteiger partial charge in [0.15, 0.2) is 0 Å². The second-order valence-electron chi connectivity index (χ2n) is 4.98. The van der Waals surface area contributed by atoms with Gasteiger partial charge in [0.25, 0.3) is 0 Å². The van der Waals surface area contributed by atoms with Gasteiger partial charge in [-0.3, -0.25) is 0 Å². The fraction of sp³-hybridized carbons (Fsp3) is 0.176. The molecule has 22 heavy (non-hydrogen) atoms. The van der Waals surface area contributed by atoms with Gasteiger partial charge in [0.1, 0.15) is 5.82 Å². The summed E-state index contributed by atoms with van der Waals surface area (Å²) in [5, 5.41) is 8.15. The number of aromatic nitrogens is 4. The Morgan fingerprint density at radius 2 is 1.68 bits per heavy atom. The third-order valence-electron chi connectivity index (χ3n) is 3.46. The van der Waals surface area contributed by atoms with Crippen LogP contribution in [0.15, 0.2) is 42.7 Å². The predicted octanol–water partition coefficient (Wildman–Crippen LogP) is 3.23. The largest absolute Gasteiger partial charge is 0.480 e. The summed E-state index contributed by atoms with van der Waals surface area (Å²) in [5.74, 6) is 1.27. The average molecular weight is 292 g/mol. The first-order valence-corrected chi connectivity index (χ1v) is 6.96. The second-order valence-corrected chi connectivity index (χ2v) is 4.98. The summed E-state index contributed by atoms with van der Waals surface area (Å²) in [4.78, 5) is 8.55. The normalized spacial score (nSPS) is 10.5. The topological polar surface area (TPSA) is 60.8 Å². The van der Waals surface area contributed by atoms with Crippen molar-refractivity contribution in [3.05, 3.63) is 54.1 Å². The van der Waals surface area contributed by atoms with Crippen molar-refractivity contribution >= 4 is 0 Å². The maximum Gasteiger partial charge on any atom is 0.224 e. The van der Waals surface area contributed by atoms with Crippen molar-refractivity contribution in [2.75, 3.05) is 7.11 Å². The fourth-order valence-corrected chi connectivity index (χ4v) is 2.29. The van der Waals surface area contributed by atoms with E-state index in [1.165, 1.54) is 0 Å². The van der Waals surface area contributed by atoms with Gasteiger partial charge in [-0.1, -0.05) is 24.3 Å². The van der Waals surface area contributed by atoms with E-state index in [4.69, 9.17) is 4.74 Å². The van der Waals surface area contributed by atoms with Gasteiger partial charge in [-0.05, 0) is 31.0 Å². The molecule has 1 aromatic carbocycles. The zero-order chi connectivity index (χ0) is 15.5. The minimum Gasteiger partial charge on any atom is -0.480 e. The van der Waals surface area contributed by atoms with Gasteiger partial charge < -0.3 is 4.74 Å². The molecule has 0 unspecified atom stereocenters.